The molecule has 2 rings (SSSR count). The number of carboxylic acids is 1. The molecule has 2 aliphatic heterocycles. The van der Waals surface area contributed by atoms with Crippen LogP contribution in [0.15, 0.2) is 11.8 Å². The molecule has 0 saturated carbocycles. The molecule has 8 atom stereocenters. The number of aliphatic hydroxyl groups is 3. The Kier molecular flexibility index (Phi) is 9.05. The van der Waals surface area contributed by atoms with Crippen LogP contribution in [-0.2, 0) is 53.8 Å². The number of carboxylic acid groups (broad SMARTS) is 1. The van der Waals surface area contributed by atoms with Gasteiger partial charge in [-0.15, -0.1) is 0 Å². The van der Waals surface area contributed by atoms with Gasteiger partial charge in [0.2, 0.25) is 16.7 Å². The zero-order valence-corrected chi connectivity index (χ0v) is 17.3. The van der Waals surface area contributed by atoms with Crippen LogP contribution in [-0.4, -0.2) is 103 Å². The molecule has 0 radical (unpaired) electrons. The first kappa shape index (κ1) is 27.7. The Morgan fingerprint density at radius 1 is 1.15 bits per heavy atom. The van der Waals surface area contributed by atoms with Crippen LogP contribution in [0.1, 0.15) is 0 Å². The summed E-state index contributed by atoms with van der Waals surface area (Å²) in [5, 5.41) is 54.2. The maximum atomic E-state index is 11.1. The van der Waals surface area contributed by atoms with Gasteiger partial charge >= 0.3 is 0 Å². The molecule has 19 nitrogen and oxygen atoms in total. The number of aliphatic carboxylic acids is 1. The van der Waals surface area contributed by atoms with Crippen molar-refractivity contribution in [2.75, 3.05) is 6.61 Å². The minimum absolute atomic E-state index is 0.388. The zero-order chi connectivity index (χ0) is 25.1. The van der Waals surface area contributed by atoms with Crippen LogP contribution in [0.4, 0.5) is 0 Å². The average molecular weight is 525 g/mol. The van der Waals surface area contributed by atoms with Crippen LogP contribution >= 0.6 is 0 Å². The fourth-order valence-electron chi connectivity index (χ4n) is 2.94. The van der Waals surface area contributed by atoms with Gasteiger partial charge in [-0.1, -0.05) is 0 Å². The van der Waals surface area contributed by atoms with Crippen molar-refractivity contribution in [3.05, 3.63) is 11.8 Å². The highest BCUT2D eigenvalue weighted by molar-refractivity contribution is 7.83. The number of carbonyl (C=O) groups excluding carboxylic acids is 1. The molecule has 1 saturated heterocycles. The third-order valence-corrected chi connectivity index (χ3v) is 5.19. The van der Waals surface area contributed by atoms with Gasteiger partial charge in [-0.2, -0.15) is 0 Å². The SMILES string of the molecule is O=C([O-])C1=C[C@H](O)C(OS(=O)(=O)[O-])[C@H](O[C@@H]2C(CO)O[C@@H](O)C(NS(=O)(=O)[O-])[C@H]2OO[O-])O1. The second-order valence-electron chi connectivity index (χ2n) is 6.34. The van der Waals surface area contributed by atoms with E-state index in [4.69, 9.17) is 14.2 Å². The zero-order valence-electron chi connectivity index (χ0n) is 15.7. The number of ether oxygens (including phenoxy) is 3. The van der Waals surface area contributed by atoms with Crippen molar-refractivity contribution < 1.29 is 84.7 Å². The summed E-state index contributed by atoms with van der Waals surface area (Å²) in [7, 11) is -10.9. The molecule has 0 aliphatic carbocycles. The topological polar surface area (TPSA) is 306 Å². The molecule has 4 N–H and O–H groups in total. The second kappa shape index (κ2) is 10.8. The highest BCUT2D eigenvalue weighted by Crippen LogP contribution is 2.30. The van der Waals surface area contributed by atoms with Crippen molar-refractivity contribution in [2.24, 2.45) is 0 Å². The van der Waals surface area contributed by atoms with Gasteiger partial charge in [-0.3, -0.25) is 9.22 Å². The van der Waals surface area contributed by atoms with Crippen molar-refractivity contribution in [2.45, 2.75) is 49.1 Å². The lowest BCUT2D eigenvalue weighted by molar-refractivity contribution is -0.807. The maximum Gasteiger partial charge on any atom is 0.231 e. The standard InChI is InChI=1S/C12H19NO18S2/c14-2-5-8(9(29-31-19)6(11(18)26-5)13-32(20,21)22)28-12-7(30-33(23,24)25)3(15)1-4(27-12)10(16)17/h1,3,5-9,11-15,18-19H,2H2,(H,16,17)(H,20,21,22)(H,23,24,25)/p-4/t3-,5?,6?,7?,8+,9+,11+,12-/m0/s1. The first-order chi connectivity index (χ1) is 15.2. The molecule has 21 heteroatoms. The Hall–Kier alpha value is -1.57. The fourth-order valence-corrected chi connectivity index (χ4v) is 4.00. The molecule has 33 heavy (non-hydrogen) atoms. The van der Waals surface area contributed by atoms with Gasteiger partial charge in [0.25, 0.3) is 0 Å². The average Bonchev–Trinajstić information content (AvgIpc) is 2.66. The Balaban J connectivity index is 2.45. The van der Waals surface area contributed by atoms with E-state index in [-0.39, 0.29) is 0 Å². The first-order valence-corrected chi connectivity index (χ1v) is 11.1. The number of nitrogens with one attached hydrogen (secondary N) is 1. The smallest absolute Gasteiger partial charge is 0.231 e. The molecule has 0 aromatic heterocycles. The van der Waals surface area contributed by atoms with Crippen molar-refractivity contribution in [1.29, 1.82) is 0 Å². The molecular formula is C12H15NO18S2-4. The monoisotopic (exact) mass is 525 g/mol. The quantitative estimate of drug-likeness (QED) is 0.0890. The number of carbonyl (C=O) groups is 1. The predicted molar refractivity (Wildman–Crippen MR) is 84.0 cm³/mol. The van der Waals surface area contributed by atoms with E-state index in [1.54, 1.807) is 0 Å². The van der Waals surface area contributed by atoms with Gasteiger partial charge in [0.05, 0.1) is 6.61 Å². The summed E-state index contributed by atoms with van der Waals surface area (Å²) >= 11 is 0. The second-order valence-corrected chi connectivity index (χ2v) is 8.49. The normalized spacial score (nSPS) is 35.5. The van der Waals surface area contributed by atoms with Crippen molar-refractivity contribution in [3.8, 4) is 0 Å². The molecule has 0 aromatic carbocycles. The van der Waals surface area contributed by atoms with E-state index >= 15 is 0 Å². The van der Waals surface area contributed by atoms with E-state index in [0.717, 1.165) is 0 Å². The van der Waals surface area contributed by atoms with Gasteiger partial charge in [0, 0.05) is 0 Å². The van der Waals surface area contributed by atoms with Crippen molar-refractivity contribution in [1.82, 2.24) is 4.72 Å². The van der Waals surface area contributed by atoms with Crippen LogP contribution in [0, 0.1) is 0 Å². The summed E-state index contributed by atoms with van der Waals surface area (Å²) in [5.74, 6) is -3.19. The van der Waals surface area contributed by atoms with Gasteiger partial charge in [-0.05, 0) is 6.08 Å². The summed E-state index contributed by atoms with van der Waals surface area (Å²) in [4.78, 5) is 15.3. The van der Waals surface area contributed by atoms with E-state index in [2.05, 4.69) is 14.1 Å². The highest BCUT2D eigenvalue weighted by atomic mass is 32.3. The van der Waals surface area contributed by atoms with E-state index in [0.29, 0.717) is 6.08 Å². The molecular weight excluding hydrogens is 510 g/mol. The molecule has 1 fully saturated rings. The van der Waals surface area contributed by atoms with Crippen LogP contribution in [0.5, 0.6) is 0 Å². The molecule has 0 bridgehead atoms. The summed E-state index contributed by atoms with van der Waals surface area (Å²) in [6.45, 7) is -1.08. The van der Waals surface area contributed by atoms with E-state index in [9.17, 15) is 56.4 Å². The Bertz CT molecular complexity index is 934. The minimum atomic E-state index is -5.58. The van der Waals surface area contributed by atoms with Crippen molar-refractivity contribution in [3.63, 3.8) is 0 Å². The van der Waals surface area contributed by atoms with E-state index < -0.39 is 88.2 Å². The third-order valence-electron chi connectivity index (χ3n) is 4.17. The Morgan fingerprint density at radius 2 is 1.79 bits per heavy atom. The van der Waals surface area contributed by atoms with Crippen LogP contribution < -0.4 is 15.1 Å². The molecule has 3 unspecified atom stereocenters. The van der Waals surface area contributed by atoms with Gasteiger partial charge < -0.3 is 53.8 Å². The highest BCUT2D eigenvalue weighted by Gasteiger charge is 2.51. The predicted octanol–water partition coefficient (Wildman–Crippen LogP) is -7.71. The van der Waals surface area contributed by atoms with Crippen molar-refractivity contribution >= 4 is 26.7 Å². The molecule has 0 aromatic rings. The summed E-state index contributed by atoms with van der Waals surface area (Å²) in [6.07, 6.45) is -14.7. The van der Waals surface area contributed by atoms with Gasteiger partial charge in [0.15, 0.2) is 22.7 Å². The molecule has 192 valence electrons. The fraction of sp³-hybridized carbons (Fsp3) is 0.750. The number of hydrogen-bond donors (Lipinski definition) is 4. The van der Waals surface area contributed by atoms with Crippen LogP contribution in [0.25, 0.3) is 0 Å². The lowest BCUT2D eigenvalue weighted by atomic mass is 9.97. The van der Waals surface area contributed by atoms with Gasteiger partial charge in [0.1, 0.15) is 42.2 Å². The number of aliphatic hydroxyl groups excluding tert-OH is 3. The number of rotatable bonds is 10. The molecule has 2 heterocycles. The summed E-state index contributed by atoms with van der Waals surface area (Å²) in [5.41, 5.74) is 0. The maximum absolute atomic E-state index is 11.1. The van der Waals surface area contributed by atoms with E-state index in [1.165, 1.54) is 4.72 Å². The first-order valence-electron chi connectivity index (χ1n) is 8.37. The van der Waals surface area contributed by atoms with E-state index in [1.807, 2.05) is 0 Å². The Morgan fingerprint density at radius 3 is 2.27 bits per heavy atom. The van der Waals surface area contributed by atoms with Crippen LogP contribution in [0.3, 0.4) is 0 Å². The molecule has 0 amide bonds. The third kappa shape index (κ3) is 7.46. The largest absolute Gasteiger partial charge is 0.735 e. The van der Waals surface area contributed by atoms with Gasteiger partial charge in [-0.25, -0.2) is 26.4 Å². The lowest BCUT2D eigenvalue weighted by Crippen LogP contribution is -2.67. The number of hydrogen-bond acceptors (Lipinski definition) is 18. The van der Waals surface area contributed by atoms with Crippen LogP contribution in [0.2, 0.25) is 0 Å². The summed E-state index contributed by atoms with van der Waals surface area (Å²) in [6, 6.07) is -2.15. The molecule has 2 aliphatic rings. The Labute approximate surface area is 184 Å². The molecule has 0 spiro atoms. The summed E-state index contributed by atoms with van der Waals surface area (Å²) < 4.78 is 86.3. The minimum Gasteiger partial charge on any atom is -0.735 e. The lowest BCUT2D eigenvalue weighted by Gasteiger charge is -2.46.